The minimum atomic E-state index is 0.265. The number of pyridine rings is 2. The maximum Gasteiger partial charge on any atom is 0.0306 e. The van der Waals surface area contributed by atoms with Gasteiger partial charge >= 0.3 is 0 Å². The number of halogens is 1. The highest BCUT2D eigenvalue weighted by Gasteiger charge is 2.15. The average molecular weight is 339 g/mol. The van der Waals surface area contributed by atoms with Crippen molar-refractivity contribution in [1.82, 2.24) is 9.97 Å². The molecule has 0 aliphatic rings. The van der Waals surface area contributed by atoms with Crippen LogP contribution in [0, 0.1) is 0 Å². The summed E-state index contributed by atoms with van der Waals surface area (Å²) >= 11 is 3.54. The van der Waals surface area contributed by atoms with Gasteiger partial charge in [0.25, 0.3) is 0 Å². The first-order valence-corrected chi connectivity index (χ1v) is 7.66. The maximum absolute atomic E-state index is 4.26. The van der Waals surface area contributed by atoms with E-state index in [2.05, 4.69) is 56.2 Å². The van der Waals surface area contributed by atoms with Crippen molar-refractivity contribution in [3.8, 4) is 0 Å². The molecule has 2 heterocycles. The zero-order chi connectivity index (χ0) is 14.5. The topological polar surface area (TPSA) is 25.8 Å². The van der Waals surface area contributed by atoms with Crippen LogP contribution in [0.1, 0.15) is 22.6 Å². The van der Waals surface area contributed by atoms with Gasteiger partial charge in [-0.25, -0.2) is 0 Å². The minimum Gasteiger partial charge on any atom is -0.264 e. The monoisotopic (exact) mass is 338 g/mol. The Morgan fingerprint density at radius 3 is 2.05 bits per heavy atom. The first-order chi connectivity index (χ1) is 10.3. The molecule has 0 saturated carbocycles. The largest absolute Gasteiger partial charge is 0.264 e. The lowest BCUT2D eigenvalue weighted by Crippen LogP contribution is -2.06. The smallest absolute Gasteiger partial charge is 0.0306 e. The fourth-order valence-corrected chi connectivity index (χ4v) is 2.94. The van der Waals surface area contributed by atoms with E-state index in [0.717, 1.165) is 10.9 Å². The Labute approximate surface area is 133 Å². The van der Waals surface area contributed by atoms with E-state index < -0.39 is 0 Å². The lowest BCUT2D eigenvalue weighted by Gasteiger charge is -2.17. The fourth-order valence-electron chi connectivity index (χ4n) is 2.49. The minimum absolute atomic E-state index is 0.265. The Bertz CT molecular complexity index is 659. The van der Waals surface area contributed by atoms with Crippen molar-refractivity contribution in [2.24, 2.45) is 0 Å². The second kappa shape index (κ2) is 6.64. The summed E-state index contributed by atoms with van der Waals surface area (Å²) in [5, 5.41) is 0. The summed E-state index contributed by atoms with van der Waals surface area (Å²) < 4.78 is 1.11. The van der Waals surface area contributed by atoms with E-state index in [4.69, 9.17) is 0 Å². The van der Waals surface area contributed by atoms with E-state index in [1.165, 1.54) is 16.7 Å². The van der Waals surface area contributed by atoms with Crippen LogP contribution in [0.2, 0.25) is 0 Å². The summed E-state index contributed by atoms with van der Waals surface area (Å²) in [5.41, 5.74) is 3.72. The van der Waals surface area contributed by atoms with Crippen LogP contribution in [0.3, 0.4) is 0 Å². The highest BCUT2D eigenvalue weighted by atomic mass is 79.9. The molecule has 0 aliphatic carbocycles. The number of rotatable bonds is 4. The Morgan fingerprint density at radius 2 is 1.52 bits per heavy atom. The summed E-state index contributed by atoms with van der Waals surface area (Å²) in [6.45, 7) is 0. The standard InChI is InChI=1S/C18H15BrN2/c19-17-7-1-4-14(10-17)11-18(15-5-2-8-20-12-15)16-6-3-9-21-13-16/h1-10,12-13,18H,11H2. The van der Waals surface area contributed by atoms with Crippen LogP contribution >= 0.6 is 15.9 Å². The lowest BCUT2D eigenvalue weighted by atomic mass is 9.88. The molecule has 0 bridgehead atoms. The van der Waals surface area contributed by atoms with Gasteiger partial charge in [0.1, 0.15) is 0 Å². The molecule has 0 N–H and O–H groups in total. The van der Waals surface area contributed by atoms with Gasteiger partial charge < -0.3 is 0 Å². The molecule has 3 aromatic rings. The molecule has 3 rings (SSSR count). The molecule has 2 aromatic heterocycles. The van der Waals surface area contributed by atoms with E-state index in [1.54, 1.807) is 0 Å². The number of benzene rings is 1. The first-order valence-electron chi connectivity index (χ1n) is 6.87. The van der Waals surface area contributed by atoms with E-state index in [9.17, 15) is 0 Å². The molecule has 104 valence electrons. The van der Waals surface area contributed by atoms with Crippen LogP contribution in [0.15, 0.2) is 77.8 Å². The Hall–Kier alpha value is -2.00. The van der Waals surface area contributed by atoms with Gasteiger partial charge in [0.2, 0.25) is 0 Å². The first kappa shape index (κ1) is 14.0. The molecule has 0 saturated heterocycles. The van der Waals surface area contributed by atoms with E-state index in [0.29, 0.717) is 0 Å². The van der Waals surface area contributed by atoms with Crippen molar-refractivity contribution in [1.29, 1.82) is 0 Å². The van der Waals surface area contributed by atoms with Gasteiger partial charge in [-0.1, -0.05) is 40.2 Å². The van der Waals surface area contributed by atoms with E-state index >= 15 is 0 Å². The third-order valence-corrected chi connectivity index (χ3v) is 4.00. The summed E-state index contributed by atoms with van der Waals surface area (Å²) in [6.07, 6.45) is 8.42. The normalized spacial score (nSPS) is 10.8. The summed E-state index contributed by atoms with van der Waals surface area (Å²) in [5.74, 6) is 0.265. The van der Waals surface area contributed by atoms with Gasteiger partial charge in [0, 0.05) is 35.2 Å². The number of aromatic nitrogens is 2. The number of hydrogen-bond acceptors (Lipinski definition) is 2. The van der Waals surface area contributed by atoms with Crippen molar-refractivity contribution < 1.29 is 0 Å². The molecule has 0 spiro atoms. The molecule has 0 unspecified atom stereocenters. The van der Waals surface area contributed by atoms with Gasteiger partial charge in [-0.2, -0.15) is 0 Å². The van der Waals surface area contributed by atoms with Crippen LogP contribution in [0.5, 0.6) is 0 Å². The van der Waals surface area contributed by atoms with Crippen molar-refractivity contribution in [3.05, 3.63) is 94.5 Å². The van der Waals surface area contributed by atoms with Crippen LogP contribution < -0.4 is 0 Å². The molecule has 0 amide bonds. The Morgan fingerprint density at radius 1 is 0.857 bits per heavy atom. The predicted molar refractivity (Wildman–Crippen MR) is 88.2 cm³/mol. The molecule has 0 atom stereocenters. The SMILES string of the molecule is Brc1cccc(CC(c2cccnc2)c2cccnc2)c1. The molecule has 0 aliphatic heterocycles. The molecule has 21 heavy (non-hydrogen) atoms. The van der Waals surface area contributed by atoms with Crippen LogP contribution in [-0.4, -0.2) is 9.97 Å². The van der Waals surface area contributed by atoms with Gasteiger partial charge in [-0.15, -0.1) is 0 Å². The second-order valence-corrected chi connectivity index (χ2v) is 5.88. The van der Waals surface area contributed by atoms with Crippen molar-refractivity contribution in [2.45, 2.75) is 12.3 Å². The van der Waals surface area contributed by atoms with E-state index in [1.807, 2.05) is 43.0 Å². The predicted octanol–water partition coefficient (Wildman–Crippen LogP) is 4.61. The van der Waals surface area contributed by atoms with Crippen LogP contribution in [-0.2, 0) is 6.42 Å². The molecule has 0 radical (unpaired) electrons. The molecule has 1 aromatic carbocycles. The fraction of sp³-hybridized carbons (Fsp3) is 0.111. The third kappa shape index (κ3) is 3.56. The number of hydrogen-bond donors (Lipinski definition) is 0. The van der Waals surface area contributed by atoms with Crippen molar-refractivity contribution in [3.63, 3.8) is 0 Å². The zero-order valence-corrected chi connectivity index (χ0v) is 13.1. The second-order valence-electron chi connectivity index (χ2n) is 4.96. The molecule has 0 fully saturated rings. The Balaban J connectivity index is 1.97. The van der Waals surface area contributed by atoms with E-state index in [-0.39, 0.29) is 5.92 Å². The quantitative estimate of drug-likeness (QED) is 0.693. The van der Waals surface area contributed by atoms with Crippen LogP contribution in [0.25, 0.3) is 0 Å². The summed E-state index contributed by atoms with van der Waals surface area (Å²) in [4.78, 5) is 8.52. The number of nitrogens with zero attached hydrogens (tertiary/aromatic N) is 2. The third-order valence-electron chi connectivity index (χ3n) is 3.50. The van der Waals surface area contributed by atoms with Gasteiger partial charge in [-0.3, -0.25) is 9.97 Å². The Kier molecular flexibility index (Phi) is 4.41. The average Bonchev–Trinajstić information content (AvgIpc) is 2.54. The molecule has 3 heteroatoms. The van der Waals surface area contributed by atoms with Crippen molar-refractivity contribution >= 4 is 15.9 Å². The summed E-state index contributed by atoms with van der Waals surface area (Å²) in [6, 6.07) is 16.7. The van der Waals surface area contributed by atoms with Gasteiger partial charge in [0.05, 0.1) is 0 Å². The maximum atomic E-state index is 4.26. The van der Waals surface area contributed by atoms with Gasteiger partial charge in [0.15, 0.2) is 0 Å². The molecular weight excluding hydrogens is 324 g/mol. The van der Waals surface area contributed by atoms with Crippen LogP contribution in [0.4, 0.5) is 0 Å². The highest BCUT2D eigenvalue weighted by molar-refractivity contribution is 9.10. The lowest BCUT2D eigenvalue weighted by molar-refractivity contribution is 0.794. The molecule has 2 nitrogen and oxygen atoms in total. The van der Waals surface area contributed by atoms with Crippen molar-refractivity contribution in [2.75, 3.05) is 0 Å². The highest BCUT2D eigenvalue weighted by Crippen LogP contribution is 2.28. The van der Waals surface area contributed by atoms with Gasteiger partial charge in [-0.05, 0) is 47.4 Å². The zero-order valence-electron chi connectivity index (χ0n) is 11.5. The molecular formula is C18H15BrN2. The summed E-state index contributed by atoms with van der Waals surface area (Å²) in [7, 11) is 0.